The van der Waals surface area contributed by atoms with Crippen LogP contribution in [-0.4, -0.2) is 30.1 Å². The van der Waals surface area contributed by atoms with E-state index in [1.165, 1.54) is 25.5 Å². The summed E-state index contributed by atoms with van der Waals surface area (Å²) in [6, 6.07) is 9.61. The lowest BCUT2D eigenvalue weighted by atomic mass is 9.85. The fraction of sp³-hybridized carbons (Fsp3) is 0.292. The van der Waals surface area contributed by atoms with E-state index in [0.717, 1.165) is 11.4 Å². The fourth-order valence-electron chi connectivity index (χ4n) is 4.89. The first-order valence-corrected chi connectivity index (χ1v) is 11.1. The van der Waals surface area contributed by atoms with Gasteiger partial charge in [0.25, 0.3) is 11.8 Å². The van der Waals surface area contributed by atoms with Gasteiger partial charge in [0.2, 0.25) is 0 Å². The van der Waals surface area contributed by atoms with Crippen molar-refractivity contribution in [1.82, 2.24) is 5.01 Å². The monoisotopic (exact) mass is 498 g/mol. The molecule has 2 amide bonds. The van der Waals surface area contributed by atoms with Crippen LogP contribution in [-0.2, 0) is 16.2 Å². The minimum atomic E-state index is -0.351. The number of allylic oxidation sites excluding steroid dienone is 2. The molecule has 4 atom stereocenters. The third kappa shape index (κ3) is 3.52. The molecule has 6 nitrogen and oxygen atoms in total. The van der Waals surface area contributed by atoms with E-state index in [1.54, 1.807) is 24.3 Å². The van der Waals surface area contributed by atoms with Crippen molar-refractivity contribution in [3.05, 3.63) is 70.0 Å². The Bertz CT molecular complexity index is 1130. The first-order chi connectivity index (χ1) is 15.5. The van der Waals surface area contributed by atoms with E-state index < -0.39 is 0 Å². The van der Waals surface area contributed by atoms with Crippen LogP contribution in [0.1, 0.15) is 17.5 Å². The standard InChI is InChI=1S/C24H20BrFN2O4/c1-31-19-10-17(25)9-16(22(19)32-12-13-3-2-4-18(26)7-13)11-27-28-23(29)20-14-5-6-15(8-14)21(20)24(28)30/h2-7,9-11,14-15,20-21H,8,12H2,1H3/t14-,15-,20-,21+/m0/s1. The molecular formula is C24H20BrFN2O4. The van der Waals surface area contributed by atoms with Gasteiger partial charge in [-0.15, -0.1) is 0 Å². The molecule has 0 spiro atoms. The van der Waals surface area contributed by atoms with E-state index in [-0.39, 0.29) is 47.9 Å². The predicted molar refractivity (Wildman–Crippen MR) is 119 cm³/mol. The summed E-state index contributed by atoms with van der Waals surface area (Å²) in [5.41, 5.74) is 1.17. The smallest absolute Gasteiger partial charge is 0.254 e. The fourth-order valence-corrected chi connectivity index (χ4v) is 5.35. The van der Waals surface area contributed by atoms with Crippen molar-refractivity contribution in [2.45, 2.75) is 13.0 Å². The van der Waals surface area contributed by atoms with E-state index in [2.05, 4.69) is 21.0 Å². The summed E-state index contributed by atoms with van der Waals surface area (Å²) < 4.78 is 25.6. The lowest BCUT2D eigenvalue weighted by Crippen LogP contribution is -2.28. The van der Waals surface area contributed by atoms with Gasteiger partial charge in [0.1, 0.15) is 12.4 Å². The van der Waals surface area contributed by atoms with E-state index in [1.807, 2.05) is 12.2 Å². The number of methoxy groups -OCH3 is 1. The zero-order valence-electron chi connectivity index (χ0n) is 17.2. The van der Waals surface area contributed by atoms with Crippen LogP contribution in [0, 0.1) is 29.5 Å². The molecule has 1 aliphatic heterocycles. The molecule has 0 aromatic heterocycles. The summed E-state index contributed by atoms with van der Waals surface area (Å²) in [5.74, 6) is -0.410. The van der Waals surface area contributed by atoms with Crippen molar-refractivity contribution < 1.29 is 23.5 Å². The molecule has 3 aliphatic rings. The maximum absolute atomic E-state index is 13.5. The minimum absolute atomic E-state index is 0.108. The van der Waals surface area contributed by atoms with Crippen molar-refractivity contribution in [3.63, 3.8) is 0 Å². The molecule has 2 aromatic carbocycles. The molecule has 5 rings (SSSR count). The molecule has 1 saturated carbocycles. The Kier molecular flexibility index (Phi) is 5.33. The topological polar surface area (TPSA) is 68.2 Å². The molecule has 2 aromatic rings. The second-order valence-electron chi connectivity index (χ2n) is 8.18. The van der Waals surface area contributed by atoms with E-state index >= 15 is 0 Å². The van der Waals surface area contributed by atoms with Crippen molar-refractivity contribution in [1.29, 1.82) is 0 Å². The summed E-state index contributed by atoms with van der Waals surface area (Å²) in [6.07, 6.45) is 6.38. The normalized spacial score (nSPS) is 25.8. The number of nitrogens with zero attached hydrogens (tertiary/aromatic N) is 2. The molecule has 1 saturated heterocycles. The number of benzene rings is 2. The van der Waals surface area contributed by atoms with Crippen LogP contribution in [0.5, 0.6) is 11.5 Å². The third-order valence-electron chi connectivity index (χ3n) is 6.30. The highest BCUT2D eigenvalue weighted by molar-refractivity contribution is 9.10. The Morgan fingerprint density at radius 1 is 1.16 bits per heavy atom. The maximum atomic E-state index is 13.5. The lowest BCUT2D eigenvalue weighted by Gasteiger charge is -2.15. The SMILES string of the molecule is COc1cc(Br)cc(C=NN2C(=O)[C@@H]3[C@H](C2=O)[C@H]2C=C[C@H]3C2)c1OCc1cccc(F)c1. The van der Waals surface area contributed by atoms with Crippen molar-refractivity contribution in [3.8, 4) is 11.5 Å². The number of ether oxygens (including phenoxy) is 2. The zero-order valence-corrected chi connectivity index (χ0v) is 18.8. The number of halogens is 2. The summed E-state index contributed by atoms with van der Waals surface area (Å²) in [4.78, 5) is 25.8. The van der Waals surface area contributed by atoms with Crippen molar-refractivity contribution in [2.24, 2.45) is 28.8 Å². The Morgan fingerprint density at radius 2 is 1.88 bits per heavy atom. The Hall–Kier alpha value is -3.00. The maximum Gasteiger partial charge on any atom is 0.254 e. The number of fused-ring (bicyclic) bond motifs is 5. The minimum Gasteiger partial charge on any atom is -0.493 e. The highest BCUT2D eigenvalue weighted by Crippen LogP contribution is 2.52. The number of imide groups is 1. The lowest BCUT2D eigenvalue weighted by molar-refractivity contribution is -0.140. The average Bonchev–Trinajstić information content (AvgIpc) is 3.45. The zero-order chi connectivity index (χ0) is 22.4. The summed E-state index contributed by atoms with van der Waals surface area (Å²) >= 11 is 3.43. The van der Waals surface area contributed by atoms with Crippen LogP contribution in [0.15, 0.2) is 58.1 Å². The van der Waals surface area contributed by atoms with Gasteiger partial charge in [-0.05, 0) is 48.1 Å². The summed E-state index contributed by atoms with van der Waals surface area (Å²) in [7, 11) is 1.51. The number of rotatable bonds is 6. The van der Waals surface area contributed by atoms with Crippen LogP contribution in [0.3, 0.4) is 0 Å². The summed E-state index contributed by atoms with van der Waals surface area (Å²) in [6.45, 7) is 0.108. The first-order valence-electron chi connectivity index (χ1n) is 10.3. The average molecular weight is 499 g/mol. The second kappa shape index (κ2) is 8.16. The van der Waals surface area contributed by atoms with Crippen molar-refractivity contribution in [2.75, 3.05) is 7.11 Å². The highest BCUT2D eigenvalue weighted by atomic mass is 79.9. The highest BCUT2D eigenvalue weighted by Gasteiger charge is 2.59. The first kappa shape index (κ1) is 20.9. The van der Waals surface area contributed by atoms with Crippen LogP contribution < -0.4 is 9.47 Å². The molecule has 32 heavy (non-hydrogen) atoms. The van der Waals surface area contributed by atoms with Gasteiger partial charge in [0.05, 0.1) is 25.2 Å². The van der Waals surface area contributed by atoms with Gasteiger partial charge < -0.3 is 9.47 Å². The second-order valence-corrected chi connectivity index (χ2v) is 9.09. The van der Waals surface area contributed by atoms with Gasteiger partial charge >= 0.3 is 0 Å². The quantitative estimate of drug-likeness (QED) is 0.338. The van der Waals surface area contributed by atoms with Gasteiger partial charge in [-0.25, -0.2) is 4.39 Å². The number of carbonyl (C=O) groups is 2. The molecule has 1 heterocycles. The van der Waals surface area contributed by atoms with Gasteiger partial charge in [0.15, 0.2) is 11.5 Å². The molecule has 2 bridgehead atoms. The van der Waals surface area contributed by atoms with Crippen LogP contribution in [0.2, 0.25) is 0 Å². The number of hydrogen-bond donors (Lipinski definition) is 0. The molecule has 0 unspecified atom stereocenters. The molecule has 8 heteroatoms. The number of hydrazone groups is 1. The Labute approximate surface area is 192 Å². The molecule has 0 N–H and O–H groups in total. The largest absolute Gasteiger partial charge is 0.493 e. The number of amides is 2. The summed E-state index contributed by atoms with van der Waals surface area (Å²) in [5, 5.41) is 5.24. The van der Waals surface area contributed by atoms with Crippen LogP contribution in [0.25, 0.3) is 0 Å². The van der Waals surface area contributed by atoms with Crippen LogP contribution in [0.4, 0.5) is 4.39 Å². The van der Waals surface area contributed by atoms with Gasteiger partial charge in [-0.1, -0.05) is 40.2 Å². The number of carbonyl (C=O) groups excluding carboxylic acids is 2. The molecule has 0 radical (unpaired) electrons. The van der Waals surface area contributed by atoms with Crippen LogP contribution >= 0.6 is 15.9 Å². The predicted octanol–water partition coefficient (Wildman–Crippen LogP) is 4.32. The van der Waals surface area contributed by atoms with Gasteiger partial charge in [0, 0.05) is 10.0 Å². The van der Waals surface area contributed by atoms with Gasteiger partial charge in [-0.2, -0.15) is 10.1 Å². The molecular weight excluding hydrogens is 479 g/mol. The Balaban J connectivity index is 1.42. The third-order valence-corrected chi connectivity index (χ3v) is 6.76. The molecule has 2 fully saturated rings. The van der Waals surface area contributed by atoms with Gasteiger partial charge in [-0.3, -0.25) is 9.59 Å². The Morgan fingerprint density at radius 3 is 2.53 bits per heavy atom. The molecule has 2 aliphatic carbocycles. The van der Waals surface area contributed by atoms with E-state index in [9.17, 15) is 14.0 Å². The van der Waals surface area contributed by atoms with Crippen molar-refractivity contribution >= 4 is 34.0 Å². The molecule has 164 valence electrons. The van der Waals surface area contributed by atoms with E-state index in [4.69, 9.17) is 9.47 Å². The number of hydrogen-bond acceptors (Lipinski definition) is 5. The van der Waals surface area contributed by atoms with E-state index in [0.29, 0.717) is 27.1 Å².